The number of ether oxygens (including phenoxy) is 2. The average molecular weight is 311 g/mol. The van der Waals surface area contributed by atoms with E-state index < -0.39 is 5.82 Å². The Labute approximate surface area is 127 Å². The summed E-state index contributed by atoms with van der Waals surface area (Å²) in [5, 5.41) is 3.25. The van der Waals surface area contributed by atoms with Gasteiger partial charge in [0.25, 0.3) is 0 Å². The number of benzene rings is 2. The summed E-state index contributed by atoms with van der Waals surface area (Å²) in [7, 11) is 3.10. The highest BCUT2D eigenvalue weighted by Crippen LogP contribution is 2.35. The van der Waals surface area contributed by atoms with Crippen LogP contribution in [0.5, 0.6) is 11.5 Å². The van der Waals surface area contributed by atoms with Gasteiger partial charge >= 0.3 is 0 Å². The molecule has 0 bridgehead atoms. The number of nitrogens with one attached hydrogen (secondary N) is 1. The molecule has 0 saturated heterocycles. The van der Waals surface area contributed by atoms with Crippen molar-refractivity contribution in [3.63, 3.8) is 0 Å². The minimum absolute atomic E-state index is 0.0922. The largest absolute Gasteiger partial charge is 0.493 e. The smallest absolute Gasteiger partial charge is 0.162 e. The fourth-order valence-corrected chi connectivity index (χ4v) is 2.10. The molecule has 0 aromatic heterocycles. The van der Waals surface area contributed by atoms with E-state index in [4.69, 9.17) is 26.8 Å². The maximum Gasteiger partial charge on any atom is 0.162 e. The molecule has 112 valence electrons. The van der Waals surface area contributed by atoms with Crippen molar-refractivity contribution in [1.29, 1.82) is 0 Å². The van der Waals surface area contributed by atoms with Crippen LogP contribution in [0, 0.1) is 5.82 Å². The van der Waals surface area contributed by atoms with Gasteiger partial charge in [0.15, 0.2) is 11.5 Å². The predicted molar refractivity (Wildman–Crippen MR) is 82.7 cm³/mol. The van der Waals surface area contributed by atoms with E-state index in [2.05, 4.69) is 5.32 Å². The molecule has 0 aliphatic heterocycles. The summed E-state index contributed by atoms with van der Waals surface area (Å²) in [6.07, 6.45) is 0. The van der Waals surface area contributed by atoms with E-state index >= 15 is 0 Å². The lowest BCUT2D eigenvalue weighted by Gasteiger charge is -2.14. The van der Waals surface area contributed by atoms with Crippen molar-refractivity contribution in [2.75, 3.05) is 25.3 Å². The first-order valence-corrected chi connectivity index (χ1v) is 6.62. The minimum Gasteiger partial charge on any atom is -0.493 e. The van der Waals surface area contributed by atoms with E-state index in [0.717, 1.165) is 5.56 Å². The molecule has 4 nitrogen and oxygen atoms in total. The van der Waals surface area contributed by atoms with Gasteiger partial charge in [-0.15, -0.1) is 0 Å². The van der Waals surface area contributed by atoms with Crippen molar-refractivity contribution in [1.82, 2.24) is 0 Å². The zero-order valence-corrected chi connectivity index (χ0v) is 12.5. The van der Waals surface area contributed by atoms with Gasteiger partial charge in [-0.3, -0.25) is 0 Å². The topological polar surface area (TPSA) is 56.5 Å². The normalized spacial score (nSPS) is 10.3. The number of nitrogen functional groups attached to an aromatic ring is 1. The lowest BCUT2D eigenvalue weighted by atomic mass is 10.2. The Hall–Kier alpha value is -2.14. The first-order valence-electron chi connectivity index (χ1n) is 6.24. The molecule has 0 spiro atoms. The van der Waals surface area contributed by atoms with Gasteiger partial charge in [-0.05, 0) is 17.7 Å². The molecule has 0 aliphatic carbocycles. The van der Waals surface area contributed by atoms with Crippen LogP contribution in [0.3, 0.4) is 0 Å². The van der Waals surface area contributed by atoms with Gasteiger partial charge in [0.2, 0.25) is 0 Å². The molecule has 0 saturated carbocycles. The number of rotatable bonds is 5. The van der Waals surface area contributed by atoms with E-state index in [1.54, 1.807) is 38.5 Å². The second-order valence-corrected chi connectivity index (χ2v) is 4.80. The molecule has 6 heteroatoms. The van der Waals surface area contributed by atoms with E-state index in [1.165, 1.54) is 6.07 Å². The van der Waals surface area contributed by atoms with Crippen LogP contribution in [0.4, 0.5) is 15.8 Å². The van der Waals surface area contributed by atoms with Gasteiger partial charge in [0.1, 0.15) is 5.82 Å². The quantitative estimate of drug-likeness (QED) is 0.827. The van der Waals surface area contributed by atoms with Crippen LogP contribution in [0.15, 0.2) is 30.3 Å². The molecule has 21 heavy (non-hydrogen) atoms. The highest BCUT2D eigenvalue weighted by Gasteiger charge is 2.09. The Kier molecular flexibility index (Phi) is 4.75. The number of hydrogen-bond donors (Lipinski definition) is 2. The lowest BCUT2D eigenvalue weighted by Crippen LogP contribution is -2.04. The van der Waals surface area contributed by atoms with Gasteiger partial charge in [0.05, 0.1) is 30.6 Å². The molecule has 0 aliphatic rings. The van der Waals surface area contributed by atoms with Gasteiger partial charge in [0, 0.05) is 18.7 Å². The van der Waals surface area contributed by atoms with E-state index in [1.807, 2.05) is 0 Å². The van der Waals surface area contributed by atoms with Crippen molar-refractivity contribution in [3.05, 3.63) is 46.7 Å². The molecular formula is C15H16ClFN2O2. The number of nitrogens with two attached hydrogens (primary N) is 1. The summed E-state index contributed by atoms with van der Waals surface area (Å²) in [4.78, 5) is 0. The van der Waals surface area contributed by atoms with Crippen molar-refractivity contribution in [3.8, 4) is 11.5 Å². The highest BCUT2D eigenvalue weighted by molar-refractivity contribution is 6.30. The monoisotopic (exact) mass is 310 g/mol. The summed E-state index contributed by atoms with van der Waals surface area (Å²) in [6.45, 7) is 0.458. The molecule has 3 N–H and O–H groups in total. The van der Waals surface area contributed by atoms with Crippen LogP contribution in [-0.2, 0) is 6.54 Å². The Bertz CT molecular complexity index is 650. The van der Waals surface area contributed by atoms with Crippen LogP contribution >= 0.6 is 11.6 Å². The van der Waals surface area contributed by atoms with Crippen LogP contribution in [0.2, 0.25) is 5.02 Å². The second-order valence-electron chi connectivity index (χ2n) is 4.40. The summed E-state index contributed by atoms with van der Waals surface area (Å²) in [6, 6.07) is 7.99. The van der Waals surface area contributed by atoms with Crippen molar-refractivity contribution < 1.29 is 13.9 Å². The average Bonchev–Trinajstić information content (AvgIpc) is 2.49. The third-order valence-electron chi connectivity index (χ3n) is 3.02. The van der Waals surface area contributed by atoms with Gasteiger partial charge in [-0.2, -0.15) is 0 Å². The Balaban J connectivity index is 2.17. The van der Waals surface area contributed by atoms with E-state index in [-0.39, 0.29) is 5.02 Å². The van der Waals surface area contributed by atoms with Crippen LogP contribution < -0.4 is 20.5 Å². The lowest BCUT2D eigenvalue weighted by molar-refractivity contribution is 0.355. The first kappa shape index (κ1) is 15.3. The molecule has 2 aromatic carbocycles. The summed E-state index contributed by atoms with van der Waals surface area (Å²) in [5.74, 6) is 0.697. The molecule has 2 rings (SSSR count). The van der Waals surface area contributed by atoms with Crippen LogP contribution in [0.1, 0.15) is 5.56 Å². The minimum atomic E-state index is -0.439. The number of methoxy groups -OCH3 is 2. The second kappa shape index (κ2) is 6.54. The molecule has 0 radical (unpaired) electrons. The number of anilines is 2. The molecular weight excluding hydrogens is 295 g/mol. The predicted octanol–water partition coefficient (Wildman–Crippen LogP) is 3.69. The molecule has 0 unspecified atom stereocenters. The Morgan fingerprint density at radius 1 is 1.14 bits per heavy atom. The van der Waals surface area contributed by atoms with Crippen LogP contribution in [-0.4, -0.2) is 14.2 Å². The summed E-state index contributed by atoms with van der Waals surface area (Å²) in [5.41, 5.74) is 8.03. The molecule has 0 atom stereocenters. The SMILES string of the molecule is COc1cc(N)c(NCc2ccc(F)c(Cl)c2)cc1OC. The third-order valence-corrected chi connectivity index (χ3v) is 3.31. The number of hydrogen-bond acceptors (Lipinski definition) is 4. The first-order chi connectivity index (χ1) is 10.0. The van der Waals surface area contributed by atoms with Gasteiger partial charge in [-0.25, -0.2) is 4.39 Å². The van der Waals surface area contributed by atoms with Gasteiger partial charge < -0.3 is 20.5 Å². The Morgan fingerprint density at radius 2 is 1.81 bits per heavy atom. The fraction of sp³-hybridized carbons (Fsp3) is 0.200. The third kappa shape index (κ3) is 3.49. The van der Waals surface area contributed by atoms with Gasteiger partial charge in [-0.1, -0.05) is 17.7 Å². The molecule has 0 heterocycles. The standard InChI is InChI=1S/C15H16ClFN2O2/c1-20-14-6-12(18)13(7-15(14)21-2)19-8-9-3-4-11(17)10(16)5-9/h3-7,19H,8,18H2,1-2H3. The van der Waals surface area contributed by atoms with Crippen molar-refractivity contribution in [2.24, 2.45) is 0 Å². The Morgan fingerprint density at radius 3 is 2.43 bits per heavy atom. The van der Waals surface area contributed by atoms with Crippen molar-refractivity contribution in [2.45, 2.75) is 6.54 Å². The maximum atomic E-state index is 13.1. The van der Waals surface area contributed by atoms with Crippen molar-refractivity contribution >= 4 is 23.0 Å². The zero-order valence-electron chi connectivity index (χ0n) is 11.7. The zero-order chi connectivity index (χ0) is 15.4. The van der Waals surface area contributed by atoms with E-state index in [0.29, 0.717) is 29.4 Å². The van der Waals surface area contributed by atoms with Crippen LogP contribution in [0.25, 0.3) is 0 Å². The molecule has 0 fully saturated rings. The molecule has 0 amide bonds. The molecule has 2 aromatic rings. The van der Waals surface area contributed by atoms with E-state index in [9.17, 15) is 4.39 Å². The maximum absolute atomic E-state index is 13.1. The summed E-state index contributed by atoms with van der Waals surface area (Å²) >= 11 is 5.75. The highest BCUT2D eigenvalue weighted by atomic mass is 35.5. The number of halogens is 2. The fourth-order valence-electron chi connectivity index (χ4n) is 1.89. The summed E-state index contributed by atoms with van der Waals surface area (Å²) < 4.78 is 23.5.